The van der Waals surface area contributed by atoms with Crippen molar-refractivity contribution in [3.8, 4) is 0 Å². The van der Waals surface area contributed by atoms with Gasteiger partial charge in [0.2, 0.25) is 0 Å². The Morgan fingerprint density at radius 2 is 1.70 bits per heavy atom. The van der Waals surface area contributed by atoms with Crippen molar-refractivity contribution in [1.29, 1.82) is 0 Å². The molecule has 27 heavy (non-hydrogen) atoms. The first-order valence-electron chi connectivity index (χ1n) is 9.64. The van der Waals surface area contributed by atoms with Crippen LogP contribution in [0.3, 0.4) is 0 Å². The molecule has 0 spiro atoms. The van der Waals surface area contributed by atoms with Crippen LogP contribution in [0.5, 0.6) is 0 Å². The lowest BCUT2D eigenvalue weighted by molar-refractivity contribution is 0.361. The Labute approximate surface area is 162 Å². The van der Waals surface area contributed by atoms with Gasteiger partial charge in [-0.2, -0.15) is 0 Å². The van der Waals surface area contributed by atoms with Crippen LogP contribution in [0.15, 0.2) is 45.7 Å². The maximum absolute atomic E-state index is 6.11. The zero-order valence-electron chi connectivity index (χ0n) is 17.6. The van der Waals surface area contributed by atoms with Crippen LogP contribution in [0, 0.1) is 0 Å². The van der Waals surface area contributed by atoms with Gasteiger partial charge < -0.3 is 13.8 Å². The molecule has 0 saturated carbocycles. The van der Waals surface area contributed by atoms with Crippen LogP contribution < -0.4 is 0 Å². The first kappa shape index (κ1) is 19.5. The molecule has 0 fully saturated rings. The molecule has 3 aromatic heterocycles. The summed E-state index contributed by atoms with van der Waals surface area (Å²) < 4.78 is 11.6. The van der Waals surface area contributed by atoms with E-state index < -0.39 is 0 Å². The predicted octanol–water partition coefficient (Wildman–Crippen LogP) is 5.93. The van der Waals surface area contributed by atoms with Crippen LogP contribution in [0.4, 0.5) is 0 Å². The summed E-state index contributed by atoms with van der Waals surface area (Å²) >= 11 is 0. The Morgan fingerprint density at radius 3 is 2.30 bits per heavy atom. The molecule has 3 aromatic rings. The van der Waals surface area contributed by atoms with Gasteiger partial charge in [0.05, 0.1) is 6.20 Å². The van der Waals surface area contributed by atoms with Crippen molar-refractivity contribution < 1.29 is 8.83 Å². The van der Waals surface area contributed by atoms with Crippen LogP contribution in [-0.4, -0.2) is 9.97 Å². The first-order valence-corrected chi connectivity index (χ1v) is 9.64. The number of hydrogen-bond donors (Lipinski definition) is 1. The second-order valence-corrected chi connectivity index (χ2v) is 9.90. The van der Waals surface area contributed by atoms with Crippen LogP contribution in [0.1, 0.15) is 77.1 Å². The Bertz CT molecular complexity index is 874. The highest BCUT2D eigenvalue weighted by Crippen LogP contribution is 2.32. The van der Waals surface area contributed by atoms with E-state index in [1.807, 2.05) is 0 Å². The van der Waals surface area contributed by atoms with Crippen molar-refractivity contribution in [2.45, 2.75) is 77.6 Å². The van der Waals surface area contributed by atoms with Gasteiger partial charge >= 0.3 is 0 Å². The summed E-state index contributed by atoms with van der Waals surface area (Å²) in [4.78, 5) is 7.81. The van der Waals surface area contributed by atoms with Crippen LogP contribution >= 0.6 is 0 Å². The fourth-order valence-electron chi connectivity index (χ4n) is 3.48. The van der Waals surface area contributed by atoms with Crippen molar-refractivity contribution in [2.24, 2.45) is 0 Å². The van der Waals surface area contributed by atoms with Gasteiger partial charge in [-0.05, 0) is 30.2 Å². The largest absolute Gasteiger partial charge is 0.466 e. The average Bonchev–Trinajstić information content (AvgIpc) is 3.27. The predicted molar refractivity (Wildman–Crippen MR) is 108 cm³/mol. The molecule has 3 heterocycles. The van der Waals surface area contributed by atoms with E-state index in [2.05, 4.69) is 82.8 Å². The smallest absolute Gasteiger partial charge is 0.199 e. The molecular formula is C23H32N2O2. The van der Waals surface area contributed by atoms with E-state index in [0.717, 1.165) is 30.3 Å². The lowest BCUT2D eigenvalue weighted by Gasteiger charge is -2.23. The first-order chi connectivity index (χ1) is 12.5. The molecule has 146 valence electrons. The number of rotatable bonds is 6. The molecule has 0 bridgehead atoms. The van der Waals surface area contributed by atoms with Crippen LogP contribution in [0.2, 0.25) is 0 Å². The molecule has 0 amide bonds. The van der Waals surface area contributed by atoms with E-state index in [4.69, 9.17) is 8.83 Å². The van der Waals surface area contributed by atoms with Gasteiger partial charge in [-0.3, -0.25) is 0 Å². The molecule has 0 atom stereocenters. The summed E-state index contributed by atoms with van der Waals surface area (Å²) in [6.45, 7) is 15.3. The highest BCUT2D eigenvalue weighted by atomic mass is 16.3. The van der Waals surface area contributed by atoms with E-state index in [-0.39, 0.29) is 16.2 Å². The summed E-state index contributed by atoms with van der Waals surface area (Å²) in [5.41, 5.74) is 2.33. The number of aromatic nitrogens is 2. The van der Waals surface area contributed by atoms with Gasteiger partial charge in [-0.25, -0.2) is 4.98 Å². The second kappa shape index (κ2) is 6.74. The Hall–Kier alpha value is -2.23. The quantitative estimate of drug-likeness (QED) is 0.586. The lowest BCUT2D eigenvalue weighted by atomic mass is 9.83. The van der Waals surface area contributed by atoms with Crippen molar-refractivity contribution in [3.63, 3.8) is 0 Å². The van der Waals surface area contributed by atoms with Crippen LogP contribution in [-0.2, 0) is 29.1 Å². The topological polar surface area (TPSA) is 55.0 Å². The minimum absolute atomic E-state index is 0.0352. The monoisotopic (exact) mass is 368 g/mol. The summed E-state index contributed by atoms with van der Waals surface area (Å²) in [5, 5.41) is 0. The van der Waals surface area contributed by atoms with Crippen molar-refractivity contribution in [1.82, 2.24) is 9.97 Å². The van der Waals surface area contributed by atoms with Crippen molar-refractivity contribution >= 4 is 0 Å². The van der Waals surface area contributed by atoms with E-state index in [0.29, 0.717) is 0 Å². The van der Waals surface area contributed by atoms with E-state index in [1.54, 1.807) is 12.5 Å². The summed E-state index contributed by atoms with van der Waals surface area (Å²) in [6.07, 6.45) is 7.17. The van der Waals surface area contributed by atoms with Gasteiger partial charge in [0.15, 0.2) is 5.89 Å². The van der Waals surface area contributed by atoms with Crippen molar-refractivity contribution in [3.05, 3.63) is 65.5 Å². The number of H-pyrrole nitrogens is 1. The maximum atomic E-state index is 6.11. The fraction of sp³-hybridized carbons (Fsp3) is 0.522. The van der Waals surface area contributed by atoms with E-state index >= 15 is 0 Å². The Balaban J connectivity index is 1.73. The standard InChI is InChI=1S/C23H32N2O2/c1-21(2,3)19-9-8-17(27-19)14-22(4,5)18-12-16(15-25-18)13-23(6,7)20-24-10-11-26-20/h8-12,15,25H,13-14H2,1-7H3. The molecule has 0 aliphatic carbocycles. The number of nitrogens with zero attached hydrogens (tertiary/aromatic N) is 1. The molecule has 0 unspecified atom stereocenters. The lowest BCUT2D eigenvalue weighted by Crippen LogP contribution is -2.21. The fourth-order valence-corrected chi connectivity index (χ4v) is 3.48. The summed E-state index contributed by atoms with van der Waals surface area (Å²) in [7, 11) is 0. The number of hydrogen-bond acceptors (Lipinski definition) is 3. The highest BCUT2D eigenvalue weighted by Gasteiger charge is 2.29. The summed E-state index contributed by atoms with van der Waals surface area (Å²) in [5.74, 6) is 2.84. The van der Waals surface area contributed by atoms with E-state index in [1.165, 1.54) is 11.3 Å². The zero-order valence-corrected chi connectivity index (χ0v) is 17.6. The third-order valence-electron chi connectivity index (χ3n) is 5.15. The summed E-state index contributed by atoms with van der Waals surface area (Å²) in [6, 6.07) is 6.47. The minimum Gasteiger partial charge on any atom is -0.466 e. The van der Waals surface area contributed by atoms with Gasteiger partial charge in [0.1, 0.15) is 17.8 Å². The van der Waals surface area contributed by atoms with Crippen LogP contribution in [0.25, 0.3) is 0 Å². The molecule has 0 aliphatic rings. The number of aromatic amines is 1. The zero-order chi connectivity index (χ0) is 19.9. The molecule has 4 heteroatoms. The molecular weight excluding hydrogens is 336 g/mol. The number of furan rings is 1. The normalized spacial score (nSPS) is 13.3. The molecule has 0 radical (unpaired) electrons. The third kappa shape index (κ3) is 4.37. The highest BCUT2D eigenvalue weighted by molar-refractivity contribution is 5.27. The molecule has 1 N–H and O–H groups in total. The molecule has 0 aliphatic heterocycles. The second-order valence-electron chi connectivity index (χ2n) is 9.90. The molecule has 0 saturated heterocycles. The maximum Gasteiger partial charge on any atom is 0.199 e. The Kier molecular flexibility index (Phi) is 4.87. The Morgan fingerprint density at radius 1 is 0.963 bits per heavy atom. The van der Waals surface area contributed by atoms with Gasteiger partial charge in [0.25, 0.3) is 0 Å². The molecule has 3 rings (SSSR count). The minimum atomic E-state index is -0.143. The molecule has 4 nitrogen and oxygen atoms in total. The van der Waals surface area contributed by atoms with E-state index in [9.17, 15) is 0 Å². The molecule has 0 aromatic carbocycles. The van der Waals surface area contributed by atoms with Gasteiger partial charge in [-0.1, -0.05) is 48.5 Å². The average molecular weight is 369 g/mol. The SMILES string of the molecule is CC(C)(C)c1ccc(CC(C)(C)c2cc(CC(C)(C)c3ncco3)c[nH]2)o1. The van der Waals surface area contributed by atoms with Gasteiger partial charge in [-0.15, -0.1) is 0 Å². The third-order valence-corrected chi connectivity index (χ3v) is 5.15. The number of nitrogens with one attached hydrogen (secondary N) is 1. The van der Waals surface area contributed by atoms with Crippen molar-refractivity contribution in [2.75, 3.05) is 0 Å². The number of oxazole rings is 1. The van der Waals surface area contributed by atoms with Gasteiger partial charge in [0, 0.05) is 34.6 Å².